The van der Waals surface area contributed by atoms with Crippen LogP contribution in [-0.4, -0.2) is 55.4 Å². The third-order valence-electron chi connectivity index (χ3n) is 4.79. The van der Waals surface area contributed by atoms with Crippen molar-refractivity contribution in [3.05, 3.63) is 48.0 Å². The minimum absolute atomic E-state index is 0.221. The maximum absolute atomic E-state index is 12.7. The van der Waals surface area contributed by atoms with Gasteiger partial charge in [0.15, 0.2) is 5.78 Å². The number of likely N-dealkylation sites (tertiary alicyclic amines) is 1. The molecule has 0 radical (unpaired) electrons. The number of carbonyl (C=O) groups excluding carboxylic acids is 1. The first-order valence-electron chi connectivity index (χ1n) is 8.05. The van der Waals surface area contributed by atoms with E-state index >= 15 is 0 Å². The van der Waals surface area contributed by atoms with Gasteiger partial charge in [-0.1, -0.05) is 42.5 Å². The molecule has 0 bridgehead atoms. The highest BCUT2D eigenvalue weighted by Gasteiger charge is 2.22. The highest BCUT2D eigenvalue weighted by atomic mass is 16.1. The normalized spacial score (nSPS) is 17.2. The molecule has 3 heteroatoms. The van der Waals surface area contributed by atoms with Gasteiger partial charge in [0.2, 0.25) is 0 Å². The van der Waals surface area contributed by atoms with Crippen molar-refractivity contribution in [3.63, 3.8) is 0 Å². The smallest absolute Gasteiger partial charge is 0.177 e. The van der Waals surface area contributed by atoms with Crippen LogP contribution in [0.3, 0.4) is 0 Å². The predicted octanol–water partition coefficient (Wildman–Crippen LogP) is 3.05. The highest BCUT2D eigenvalue weighted by molar-refractivity contribution is 6.09. The fraction of sp³-hybridized carbons (Fsp3) is 0.421. The van der Waals surface area contributed by atoms with Gasteiger partial charge in [0.25, 0.3) is 0 Å². The molecular formula is C19H24N2O. The fourth-order valence-corrected chi connectivity index (χ4v) is 3.35. The molecule has 1 aliphatic heterocycles. The summed E-state index contributed by atoms with van der Waals surface area (Å²) in [5, 5.41) is 2.20. The summed E-state index contributed by atoms with van der Waals surface area (Å²) in [5.41, 5.74) is 0.845. The van der Waals surface area contributed by atoms with Crippen LogP contribution in [0.1, 0.15) is 23.2 Å². The van der Waals surface area contributed by atoms with Gasteiger partial charge in [-0.3, -0.25) is 9.69 Å². The van der Waals surface area contributed by atoms with E-state index in [-0.39, 0.29) is 5.78 Å². The second kappa shape index (κ2) is 6.59. The van der Waals surface area contributed by atoms with E-state index in [0.717, 1.165) is 42.3 Å². The molecule has 1 heterocycles. The summed E-state index contributed by atoms with van der Waals surface area (Å²) in [6.07, 6.45) is 2.30. The number of hydrogen-bond acceptors (Lipinski definition) is 3. The molecule has 0 aromatic heterocycles. The lowest BCUT2D eigenvalue weighted by atomic mass is 9.99. The maximum atomic E-state index is 12.7. The van der Waals surface area contributed by atoms with Gasteiger partial charge in [0.05, 0.1) is 6.54 Å². The molecule has 1 fully saturated rings. The van der Waals surface area contributed by atoms with Crippen molar-refractivity contribution in [3.8, 4) is 0 Å². The molecule has 2 aromatic rings. The van der Waals surface area contributed by atoms with Crippen LogP contribution in [0.25, 0.3) is 10.8 Å². The lowest BCUT2D eigenvalue weighted by Crippen LogP contribution is -2.43. The Labute approximate surface area is 132 Å². The van der Waals surface area contributed by atoms with Gasteiger partial charge in [-0.2, -0.15) is 0 Å². The third kappa shape index (κ3) is 3.21. The Kier molecular flexibility index (Phi) is 4.55. The van der Waals surface area contributed by atoms with E-state index in [9.17, 15) is 4.79 Å². The molecule has 3 rings (SSSR count). The van der Waals surface area contributed by atoms with E-state index in [1.165, 1.54) is 0 Å². The lowest BCUT2D eigenvalue weighted by molar-refractivity contribution is 0.0873. The monoisotopic (exact) mass is 296 g/mol. The Hall–Kier alpha value is -1.71. The van der Waals surface area contributed by atoms with E-state index in [2.05, 4.69) is 36.0 Å². The van der Waals surface area contributed by atoms with E-state index in [4.69, 9.17) is 0 Å². The standard InChI is InChI=1S/C19H24N2O/c1-20-12-10-16(11-13-20)21(2)14-19(22)18-9-5-7-15-6-3-4-8-17(15)18/h3-9,16H,10-14H2,1-2H3. The third-order valence-corrected chi connectivity index (χ3v) is 4.79. The zero-order valence-corrected chi connectivity index (χ0v) is 13.5. The number of nitrogens with zero attached hydrogens (tertiary/aromatic N) is 2. The van der Waals surface area contributed by atoms with Gasteiger partial charge < -0.3 is 4.90 Å². The second-order valence-corrected chi connectivity index (χ2v) is 6.40. The Morgan fingerprint density at radius 3 is 2.59 bits per heavy atom. The number of ketones is 1. The molecular weight excluding hydrogens is 272 g/mol. The van der Waals surface area contributed by atoms with Crippen molar-refractivity contribution >= 4 is 16.6 Å². The average Bonchev–Trinajstić information content (AvgIpc) is 2.54. The fourth-order valence-electron chi connectivity index (χ4n) is 3.35. The molecule has 0 saturated carbocycles. The molecule has 0 spiro atoms. The Balaban J connectivity index is 1.73. The molecule has 1 saturated heterocycles. The van der Waals surface area contributed by atoms with Gasteiger partial charge in [-0.05, 0) is 50.8 Å². The highest BCUT2D eigenvalue weighted by Crippen LogP contribution is 2.20. The molecule has 0 N–H and O–H groups in total. The van der Waals surface area contributed by atoms with Crippen LogP contribution in [0.4, 0.5) is 0 Å². The molecule has 0 aliphatic carbocycles. The number of hydrogen-bond donors (Lipinski definition) is 0. The molecule has 0 unspecified atom stereocenters. The molecule has 3 nitrogen and oxygen atoms in total. The molecule has 1 aliphatic rings. The lowest BCUT2D eigenvalue weighted by Gasteiger charge is -2.34. The summed E-state index contributed by atoms with van der Waals surface area (Å²) in [6.45, 7) is 2.75. The molecule has 116 valence electrons. The van der Waals surface area contributed by atoms with Crippen molar-refractivity contribution in [2.45, 2.75) is 18.9 Å². The maximum Gasteiger partial charge on any atom is 0.177 e. The summed E-state index contributed by atoms with van der Waals surface area (Å²) in [5.74, 6) is 0.221. The van der Waals surface area contributed by atoms with Gasteiger partial charge >= 0.3 is 0 Å². The number of carbonyl (C=O) groups is 1. The van der Waals surface area contributed by atoms with E-state index in [0.29, 0.717) is 12.6 Å². The Morgan fingerprint density at radius 2 is 1.82 bits per heavy atom. The summed E-state index contributed by atoms with van der Waals surface area (Å²) < 4.78 is 0. The number of fused-ring (bicyclic) bond motifs is 1. The van der Waals surface area contributed by atoms with Crippen molar-refractivity contribution in [2.24, 2.45) is 0 Å². The first-order valence-corrected chi connectivity index (χ1v) is 8.05. The zero-order valence-electron chi connectivity index (χ0n) is 13.5. The molecule has 2 aromatic carbocycles. The number of likely N-dealkylation sites (N-methyl/N-ethyl adjacent to an activating group) is 1. The first-order chi connectivity index (χ1) is 10.6. The number of piperidine rings is 1. The number of benzene rings is 2. The minimum Gasteiger partial charge on any atom is -0.306 e. The number of rotatable bonds is 4. The largest absolute Gasteiger partial charge is 0.306 e. The van der Waals surface area contributed by atoms with Crippen LogP contribution >= 0.6 is 0 Å². The van der Waals surface area contributed by atoms with Gasteiger partial charge in [0.1, 0.15) is 0 Å². The quantitative estimate of drug-likeness (QED) is 0.810. The summed E-state index contributed by atoms with van der Waals surface area (Å²) in [7, 11) is 4.25. The molecule has 22 heavy (non-hydrogen) atoms. The minimum atomic E-state index is 0.221. The van der Waals surface area contributed by atoms with Gasteiger partial charge in [-0.25, -0.2) is 0 Å². The van der Waals surface area contributed by atoms with Crippen molar-refractivity contribution in [2.75, 3.05) is 33.7 Å². The summed E-state index contributed by atoms with van der Waals surface area (Å²) in [4.78, 5) is 17.3. The first kappa shape index (κ1) is 15.2. The molecule has 0 atom stereocenters. The second-order valence-electron chi connectivity index (χ2n) is 6.40. The van der Waals surface area contributed by atoms with Crippen LogP contribution in [0.5, 0.6) is 0 Å². The van der Waals surface area contributed by atoms with E-state index < -0.39 is 0 Å². The SMILES string of the molecule is CN1CCC(N(C)CC(=O)c2cccc3ccccc23)CC1. The van der Waals surface area contributed by atoms with Gasteiger partial charge in [-0.15, -0.1) is 0 Å². The van der Waals surface area contributed by atoms with Crippen molar-refractivity contribution < 1.29 is 4.79 Å². The van der Waals surface area contributed by atoms with Crippen LogP contribution in [0.15, 0.2) is 42.5 Å². The Morgan fingerprint density at radius 1 is 1.14 bits per heavy atom. The predicted molar refractivity (Wildman–Crippen MR) is 91.4 cm³/mol. The topological polar surface area (TPSA) is 23.6 Å². The molecule has 0 amide bonds. The van der Waals surface area contributed by atoms with Crippen LogP contribution in [-0.2, 0) is 0 Å². The number of Topliss-reactive ketones (excluding diaryl/α,β-unsaturated/α-hetero) is 1. The van der Waals surface area contributed by atoms with Crippen LogP contribution < -0.4 is 0 Å². The van der Waals surface area contributed by atoms with E-state index in [1.807, 2.05) is 30.3 Å². The Bertz CT molecular complexity index is 654. The van der Waals surface area contributed by atoms with Crippen LogP contribution in [0, 0.1) is 0 Å². The summed E-state index contributed by atoms with van der Waals surface area (Å²) in [6, 6.07) is 14.6. The van der Waals surface area contributed by atoms with E-state index in [1.54, 1.807) is 0 Å². The van der Waals surface area contributed by atoms with Crippen LogP contribution in [0.2, 0.25) is 0 Å². The average molecular weight is 296 g/mol. The van der Waals surface area contributed by atoms with Crippen molar-refractivity contribution in [1.29, 1.82) is 0 Å². The zero-order chi connectivity index (χ0) is 15.5. The van der Waals surface area contributed by atoms with Crippen molar-refractivity contribution in [1.82, 2.24) is 9.80 Å². The van der Waals surface area contributed by atoms with Gasteiger partial charge in [0, 0.05) is 11.6 Å². The summed E-state index contributed by atoms with van der Waals surface area (Å²) >= 11 is 0.